The van der Waals surface area contributed by atoms with Crippen molar-refractivity contribution >= 4 is 24.1 Å². The third kappa shape index (κ3) is 4.95. The number of ether oxygens (including phenoxy) is 1. The lowest BCUT2D eigenvalue weighted by Gasteiger charge is -2.33. The number of carbonyl (C=O) groups is 2. The molecule has 5 nitrogen and oxygen atoms in total. The zero-order valence-corrected chi connectivity index (χ0v) is 15.2. The van der Waals surface area contributed by atoms with E-state index < -0.39 is 6.04 Å². The van der Waals surface area contributed by atoms with E-state index in [1.165, 1.54) is 0 Å². The number of hydrogen-bond donors (Lipinski definition) is 1. The molecule has 0 radical (unpaired) electrons. The number of carbonyl (C=O) groups excluding carboxylic acids is 2. The van der Waals surface area contributed by atoms with Crippen molar-refractivity contribution in [1.29, 1.82) is 0 Å². The van der Waals surface area contributed by atoms with E-state index >= 15 is 0 Å². The van der Waals surface area contributed by atoms with Gasteiger partial charge in [-0.3, -0.25) is 9.59 Å². The molecular weight excluding hydrogens is 328 g/mol. The van der Waals surface area contributed by atoms with Crippen LogP contribution in [0.4, 0.5) is 0 Å². The maximum absolute atomic E-state index is 12.5. The Morgan fingerprint density at radius 1 is 1.25 bits per heavy atom. The SMILES string of the molecule is CCCC(N)C(=O)N1CCC(C(=O)c2ccc(OC)cc2)CC1.Cl. The van der Waals surface area contributed by atoms with Crippen LogP contribution in [0.2, 0.25) is 0 Å². The summed E-state index contributed by atoms with van der Waals surface area (Å²) < 4.78 is 5.11. The molecule has 1 fully saturated rings. The third-order valence-electron chi connectivity index (χ3n) is 4.47. The molecule has 0 aromatic heterocycles. The minimum Gasteiger partial charge on any atom is -0.497 e. The van der Waals surface area contributed by atoms with Crippen molar-refractivity contribution in [3.63, 3.8) is 0 Å². The van der Waals surface area contributed by atoms with Crippen LogP contribution in [0, 0.1) is 5.92 Å². The normalized spacial score (nSPS) is 16.2. The molecule has 24 heavy (non-hydrogen) atoms. The molecule has 2 rings (SSSR count). The van der Waals surface area contributed by atoms with Crippen molar-refractivity contribution < 1.29 is 14.3 Å². The van der Waals surface area contributed by atoms with Crippen LogP contribution in [0.25, 0.3) is 0 Å². The van der Waals surface area contributed by atoms with Gasteiger partial charge in [0, 0.05) is 24.6 Å². The Hall–Kier alpha value is -1.59. The van der Waals surface area contributed by atoms with Crippen LogP contribution in [0.5, 0.6) is 5.75 Å². The molecule has 0 aliphatic carbocycles. The number of Topliss-reactive ketones (excluding diaryl/α,β-unsaturated/α-hetero) is 1. The van der Waals surface area contributed by atoms with Crippen LogP contribution in [0.15, 0.2) is 24.3 Å². The molecule has 1 atom stereocenters. The number of amides is 1. The van der Waals surface area contributed by atoms with Gasteiger partial charge in [0.15, 0.2) is 5.78 Å². The second-order valence-electron chi connectivity index (χ2n) is 6.09. The van der Waals surface area contributed by atoms with Gasteiger partial charge in [-0.25, -0.2) is 0 Å². The van der Waals surface area contributed by atoms with Gasteiger partial charge < -0.3 is 15.4 Å². The van der Waals surface area contributed by atoms with Gasteiger partial charge in [0.1, 0.15) is 5.75 Å². The fourth-order valence-corrected chi connectivity index (χ4v) is 3.02. The molecule has 134 valence electrons. The first-order valence-corrected chi connectivity index (χ1v) is 8.29. The minimum absolute atomic E-state index is 0. The van der Waals surface area contributed by atoms with Crippen LogP contribution in [-0.2, 0) is 4.79 Å². The van der Waals surface area contributed by atoms with E-state index in [0.717, 1.165) is 12.2 Å². The minimum atomic E-state index is -0.408. The van der Waals surface area contributed by atoms with Gasteiger partial charge in [0.2, 0.25) is 5.91 Å². The highest BCUT2D eigenvalue weighted by Crippen LogP contribution is 2.23. The molecule has 1 unspecified atom stereocenters. The highest BCUT2D eigenvalue weighted by atomic mass is 35.5. The predicted molar refractivity (Wildman–Crippen MR) is 96.8 cm³/mol. The molecule has 1 saturated heterocycles. The van der Waals surface area contributed by atoms with E-state index in [-0.39, 0.29) is 30.0 Å². The molecular formula is C18H27ClN2O3. The van der Waals surface area contributed by atoms with Crippen molar-refractivity contribution in [1.82, 2.24) is 4.90 Å². The fraction of sp³-hybridized carbons (Fsp3) is 0.556. The molecule has 1 aliphatic rings. The fourth-order valence-electron chi connectivity index (χ4n) is 3.02. The summed E-state index contributed by atoms with van der Waals surface area (Å²) in [5.41, 5.74) is 6.61. The van der Waals surface area contributed by atoms with Crippen molar-refractivity contribution in [3.05, 3.63) is 29.8 Å². The highest BCUT2D eigenvalue weighted by Gasteiger charge is 2.29. The Kier molecular flexibility index (Phi) is 8.22. The third-order valence-corrected chi connectivity index (χ3v) is 4.47. The zero-order valence-electron chi connectivity index (χ0n) is 14.4. The Bertz CT molecular complexity index is 540. The van der Waals surface area contributed by atoms with Gasteiger partial charge in [-0.15, -0.1) is 12.4 Å². The number of piperidine rings is 1. The molecule has 1 heterocycles. The Morgan fingerprint density at radius 3 is 2.33 bits per heavy atom. The highest BCUT2D eigenvalue weighted by molar-refractivity contribution is 5.98. The van der Waals surface area contributed by atoms with E-state index in [9.17, 15) is 9.59 Å². The second kappa shape index (κ2) is 9.64. The molecule has 1 aromatic carbocycles. The predicted octanol–water partition coefficient (Wildman–Crippen LogP) is 2.67. The second-order valence-corrected chi connectivity index (χ2v) is 6.09. The number of methoxy groups -OCH3 is 1. The first kappa shape index (κ1) is 20.5. The molecule has 1 aromatic rings. The topological polar surface area (TPSA) is 72.6 Å². The molecule has 1 amide bonds. The summed E-state index contributed by atoms with van der Waals surface area (Å²) in [6.45, 7) is 3.25. The van der Waals surface area contributed by atoms with Gasteiger partial charge >= 0.3 is 0 Å². The van der Waals surface area contributed by atoms with Gasteiger partial charge in [-0.2, -0.15) is 0 Å². The van der Waals surface area contributed by atoms with Crippen LogP contribution in [-0.4, -0.2) is 42.8 Å². The van der Waals surface area contributed by atoms with Crippen molar-refractivity contribution in [2.75, 3.05) is 20.2 Å². The average molecular weight is 355 g/mol. The van der Waals surface area contributed by atoms with Crippen molar-refractivity contribution in [3.8, 4) is 5.75 Å². The number of hydrogen-bond acceptors (Lipinski definition) is 4. The van der Waals surface area contributed by atoms with Gasteiger partial charge in [-0.05, 0) is 43.5 Å². The molecule has 0 spiro atoms. The van der Waals surface area contributed by atoms with E-state index in [4.69, 9.17) is 10.5 Å². The van der Waals surface area contributed by atoms with Crippen LogP contribution in [0.1, 0.15) is 43.0 Å². The number of halogens is 1. The maximum Gasteiger partial charge on any atom is 0.239 e. The number of ketones is 1. The van der Waals surface area contributed by atoms with E-state index in [1.807, 2.05) is 6.92 Å². The average Bonchev–Trinajstić information content (AvgIpc) is 2.61. The lowest BCUT2D eigenvalue weighted by molar-refractivity contribution is -0.134. The van der Waals surface area contributed by atoms with Gasteiger partial charge in [-0.1, -0.05) is 13.3 Å². The number of nitrogens with two attached hydrogens (primary N) is 1. The number of benzene rings is 1. The van der Waals surface area contributed by atoms with E-state index in [1.54, 1.807) is 36.3 Å². The molecule has 1 aliphatic heterocycles. The summed E-state index contributed by atoms with van der Waals surface area (Å²) in [7, 11) is 1.60. The molecule has 2 N–H and O–H groups in total. The number of rotatable bonds is 6. The van der Waals surface area contributed by atoms with Gasteiger partial charge in [0.25, 0.3) is 0 Å². The monoisotopic (exact) mass is 354 g/mol. The smallest absolute Gasteiger partial charge is 0.239 e. The standard InChI is InChI=1S/C18H26N2O3.ClH/c1-3-4-16(19)18(22)20-11-9-14(10-12-20)17(21)13-5-7-15(23-2)8-6-13;/h5-8,14,16H,3-4,9-12,19H2,1-2H3;1H. The summed E-state index contributed by atoms with van der Waals surface area (Å²) >= 11 is 0. The molecule has 6 heteroatoms. The number of nitrogens with zero attached hydrogens (tertiary/aromatic N) is 1. The van der Waals surface area contributed by atoms with E-state index in [0.29, 0.717) is 37.9 Å². The summed E-state index contributed by atoms with van der Waals surface area (Å²) in [6, 6.07) is 6.80. The Morgan fingerprint density at radius 2 is 1.83 bits per heavy atom. The lowest BCUT2D eigenvalue weighted by atomic mass is 9.88. The largest absolute Gasteiger partial charge is 0.497 e. The summed E-state index contributed by atoms with van der Waals surface area (Å²) in [6.07, 6.45) is 3.02. The number of likely N-dealkylation sites (tertiary alicyclic amines) is 1. The summed E-state index contributed by atoms with van der Waals surface area (Å²) in [4.78, 5) is 26.6. The molecule has 0 bridgehead atoms. The Labute approximate surface area is 149 Å². The van der Waals surface area contributed by atoms with E-state index in [2.05, 4.69) is 0 Å². The van der Waals surface area contributed by atoms with Gasteiger partial charge in [0.05, 0.1) is 13.2 Å². The van der Waals surface area contributed by atoms with Crippen molar-refractivity contribution in [2.24, 2.45) is 11.7 Å². The zero-order chi connectivity index (χ0) is 16.8. The van der Waals surface area contributed by atoms with Crippen LogP contribution in [0.3, 0.4) is 0 Å². The van der Waals surface area contributed by atoms with Crippen molar-refractivity contribution in [2.45, 2.75) is 38.6 Å². The quantitative estimate of drug-likeness (QED) is 0.797. The summed E-state index contributed by atoms with van der Waals surface area (Å²) in [5, 5.41) is 0. The Balaban J connectivity index is 0.00000288. The first-order valence-electron chi connectivity index (χ1n) is 8.29. The maximum atomic E-state index is 12.5. The van der Waals surface area contributed by atoms with Crippen LogP contribution < -0.4 is 10.5 Å². The first-order chi connectivity index (χ1) is 11.1. The lowest BCUT2D eigenvalue weighted by Crippen LogP contribution is -2.47. The summed E-state index contributed by atoms with van der Waals surface area (Å²) in [5.74, 6) is 0.890. The van der Waals surface area contributed by atoms with Crippen LogP contribution >= 0.6 is 12.4 Å². The molecule has 0 saturated carbocycles.